The summed E-state index contributed by atoms with van der Waals surface area (Å²) in [4.78, 5) is 22.8. The molecule has 0 unspecified atom stereocenters. The lowest BCUT2D eigenvalue weighted by Gasteiger charge is -2.21. The van der Waals surface area contributed by atoms with E-state index in [9.17, 15) is 4.79 Å². The maximum atomic E-state index is 11.6. The van der Waals surface area contributed by atoms with Gasteiger partial charge in [-0.3, -0.25) is 4.79 Å². The smallest absolute Gasteiger partial charge is 0.242 e. The first-order valence-corrected chi connectivity index (χ1v) is 4.98. The SMILES string of the molecule is CN(CCO)C(=O)CN(C)c1ncccn1. The van der Waals surface area contributed by atoms with Gasteiger partial charge in [0.15, 0.2) is 0 Å². The Bertz CT molecular complexity index is 331. The number of nitrogens with zero attached hydrogens (tertiary/aromatic N) is 4. The van der Waals surface area contributed by atoms with Crippen LogP contribution in [0.15, 0.2) is 18.5 Å². The van der Waals surface area contributed by atoms with E-state index in [-0.39, 0.29) is 19.1 Å². The summed E-state index contributed by atoms with van der Waals surface area (Å²) < 4.78 is 0. The highest BCUT2D eigenvalue weighted by Gasteiger charge is 2.12. The topological polar surface area (TPSA) is 69.6 Å². The molecular formula is C10H16N4O2. The molecule has 0 radical (unpaired) electrons. The molecule has 16 heavy (non-hydrogen) atoms. The number of carbonyl (C=O) groups is 1. The van der Waals surface area contributed by atoms with Crippen molar-refractivity contribution < 1.29 is 9.90 Å². The maximum Gasteiger partial charge on any atom is 0.242 e. The lowest BCUT2D eigenvalue weighted by Crippen LogP contribution is -2.38. The predicted octanol–water partition coefficient (Wildman–Crippen LogP) is -0.636. The van der Waals surface area contributed by atoms with Gasteiger partial charge in [0.1, 0.15) is 0 Å². The summed E-state index contributed by atoms with van der Waals surface area (Å²) in [6.45, 7) is 0.497. The van der Waals surface area contributed by atoms with Crippen molar-refractivity contribution in [3.05, 3.63) is 18.5 Å². The number of amides is 1. The molecule has 0 saturated carbocycles. The number of aromatic nitrogens is 2. The Kier molecular flexibility index (Phi) is 4.65. The molecule has 0 atom stereocenters. The quantitative estimate of drug-likeness (QED) is 0.720. The minimum Gasteiger partial charge on any atom is -0.395 e. The van der Waals surface area contributed by atoms with Gasteiger partial charge >= 0.3 is 0 Å². The van der Waals surface area contributed by atoms with Crippen molar-refractivity contribution >= 4 is 11.9 Å². The maximum absolute atomic E-state index is 11.6. The number of carbonyl (C=O) groups excluding carboxylic acids is 1. The fraction of sp³-hybridized carbons (Fsp3) is 0.500. The molecule has 0 bridgehead atoms. The Morgan fingerprint density at radius 1 is 1.38 bits per heavy atom. The van der Waals surface area contributed by atoms with Gasteiger partial charge in [0.05, 0.1) is 13.2 Å². The monoisotopic (exact) mass is 224 g/mol. The van der Waals surface area contributed by atoms with Gasteiger partial charge in [0, 0.05) is 33.0 Å². The Hall–Kier alpha value is -1.69. The van der Waals surface area contributed by atoms with Crippen molar-refractivity contribution in [2.24, 2.45) is 0 Å². The third-order valence-corrected chi connectivity index (χ3v) is 2.13. The van der Waals surface area contributed by atoms with Crippen LogP contribution in [0.1, 0.15) is 0 Å². The first kappa shape index (κ1) is 12.4. The molecule has 88 valence electrons. The zero-order chi connectivity index (χ0) is 12.0. The van der Waals surface area contributed by atoms with E-state index in [0.29, 0.717) is 12.5 Å². The summed E-state index contributed by atoms with van der Waals surface area (Å²) in [5, 5.41) is 8.70. The van der Waals surface area contributed by atoms with Crippen molar-refractivity contribution in [3.8, 4) is 0 Å². The average Bonchev–Trinajstić information content (AvgIpc) is 2.30. The van der Waals surface area contributed by atoms with Crippen LogP contribution in [-0.4, -0.2) is 59.7 Å². The normalized spacial score (nSPS) is 9.94. The standard InChI is InChI=1S/C10H16N4O2/c1-13(6-7-15)9(16)8-14(2)10-11-4-3-5-12-10/h3-5,15H,6-8H2,1-2H3. The summed E-state index contributed by atoms with van der Waals surface area (Å²) in [7, 11) is 3.40. The van der Waals surface area contributed by atoms with E-state index >= 15 is 0 Å². The zero-order valence-electron chi connectivity index (χ0n) is 9.50. The fourth-order valence-electron chi connectivity index (χ4n) is 1.16. The van der Waals surface area contributed by atoms with Crippen LogP contribution in [0.2, 0.25) is 0 Å². The largest absolute Gasteiger partial charge is 0.395 e. The number of aliphatic hydroxyl groups excluding tert-OH is 1. The Morgan fingerprint density at radius 3 is 2.56 bits per heavy atom. The minimum absolute atomic E-state index is 0.0339. The van der Waals surface area contributed by atoms with E-state index in [1.807, 2.05) is 0 Å². The number of anilines is 1. The van der Waals surface area contributed by atoms with Gasteiger partial charge in [-0.05, 0) is 6.07 Å². The van der Waals surface area contributed by atoms with Gasteiger partial charge in [0.25, 0.3) is 0 Å². The first-order valence-electron chi connectivity index (χ1n) is 4.98. The van der Waals surface area contributed by atoms with E-state index < -0.39 is 0 Å². The van der Waals surface area contributed by atoms with E-state index in [1.54, 1.807) is 37.5 Å². The second kappa shape index (κ2) is 6.02. The predicted molar refractivity (Wildman–Crippen MR) is 60.0 cm³/mol. The van der Waals surface area contributed by atoms with Crippen molar-refractivity contribution in [1.82, 2.24) is 14.9 Å². The van der Waals surface area contributed by atoms with E-state index in [0.717, 1.165) is 0 Å². The molecule has 1 aromatic rings. The van der Waals surface area contributed by atoms with Gasteiger partial charge in [-0.1, -0.05) is 0 Å². The summed E-state index contributed by atoms with van der Waals surface area (Å²) in [6.07, 6.45) is 3.25. The Balaban J connectivity index is 2.51. The number of aliphatic hydroxyl groups is 1. The molecule has 0 saturated heterocycles. The lowest BCUT2D eigenvalue weighted by atomic mass is 10.4. The highest BCUT2D eigenvalue weighted by Crippen LogP contribution is 2.01. The highest BCUT2D eigenvalue weighted by molar-refractivity contribution is 5.80. The van der Waals surface area contributed by atoms with Crippen LogP contribution >= 0.6 is 0 Å². The molecule has 6 heteroatoms. The highest BCUT2D eigenvalue weighted by atomic mass is 16.3. The van der Waals surface area contributed by atoms with Crippen LogP contribution < -0.4 is 4.90 Å². The molecule has 1 N–H and O–H groups in total. The van der Waals surface area contributed by atoms with E-state index in [1.165, 1.54) is 4.90 Å². The molecule has 0 aliphatic rings. The molecule has 0 aromatic carbocycles. The van der Waals surface area contributed by atoms with Crippen LogP contribution in [0.25, 0.3) is 0 Å². The van der Waals surface area contributed by atoms with Crippen LogP contribution in [0.3, 0.4) is 0 Å². The van der Waals surface area contributed by atoms with Crippen LogP contribution in [0, 0.1) is 0 Å². The zero-order valence-corrected chi connectivity index (χ0v) is 9.50. The van der Waals surface area contributed by atoms with Crippen LogP contribution in [-0.2, 0) is 4.79 Å². The van der Waals surface area contributed by atoms with Crippen LogP contribution in [0.5, 0.6) is 0 Å². The van der Waals surface area contributed by atoms with Gasteiger partial charge in [-0.25, -0.2) is 9.97 Å². The molecule has 0 aliphatic heterocycles. The lowest BCUT2D eigenvalue weighted by molar-refractivity contribution is -0.128. The molecule has 1 amide bonds. The molecule has 1 heterocycles. The average molecular weight is 224 g/mol. The molecule has 0 spiro atoms. The molecule has 0 fully saturated rings. The minimum atomic E-state index is -0.0796. The summed E-state index contributed by atoms with van der Waals surface area (Å²) in [5.74, 6) is 0.428. The first-order chi connectivity index (χ1) is 7.65. The molecular weight excluding hydrogens is 208 g/mol. The molecule has 0 aliphatic carbocycles. The van der Waals surface area contributed by atoms with E-state index in [4.69, 9.17) is 5.11 Å². The Morgan fingerprint density at radius 2 is 2.00 bits per heavy atom. The third kappa shape index (κ3) is 3.47. The van der Waals surface area contributed by atoms with Crippen molar-refractivity contribution in [2.45, 2.75) is 0 Å². The van der Waals surface area contributed by atoms with Crippen molar-refractivity contribution in [2.75, 3.05) is 38.7 Å². The number of rotatable bonds is 5. The number of hydrogen-bond acceptors (Lipinski definition) is 5. The van der Waals surface area contributed by atoms with Crippen molar-refractivity contribution in [1.29, 1.82) is 0 Å². The molecule has 1 rings (SSSR count). The number of hydrogen-bond donors (Lipinski definition) is 1. The van der Waals surface area contributed by atoms with Crippen LogP contribution in [0.4, 0.5) is 5.95 Å². The van der Waals surface area contributed by atoms with Gasteiger partial charge in [-0.2, -0.15) is 0 Å². The third-order valence-electron chi connectivity index (χ3n) is 2.13. The second-order valence-electron chi connectivity index (χ2n) is 3.44. The van der Waals surface area contributed by atoms with E-state index in [2.05, 4.69) is 9.97 Å². The Labute approximate surface area is 94.5 Å². The fourth-order valence-corrected chi connectivity index (χ4v) is 1.16. The molecule has 6 nitrogen and oxygen atoms in total. The van der Waals surface area contributed by atoms with Gasteiger partial charge in [0.2, 0.25) is 11.9 Å². The summed E-state index contributed by atoms with van der Waals surface area (Å²) in [5.41, 5.74) is 0. The number of likely N-dealkylation sites (N-methyl/N-ethyl adjacent to an activating group) is 2. The van der Waals surface area contributed by atoms with Crippen molar-refractivity contribution in [3.63, 3.8) is 0 Å². The molecule has 1 aromatic heterocycles. The summed E-state index contributed by atoms with van der Waals surface area (Å²) in [6, 6.07) is 1.72. The second-order valence-corrected chi connectivity index (χ2v) is 3.44. The van der Waals surface area contributed by atoms with Gasteiger partial charge < -0.3 is 14.9 Å². The summed E-state index contributed by atoms with van der Waals surface area (Å²) >= 11 is 0. The van der Waals surface area contributed by atoms with Gasteiger partial charge in [-0.15, -0.1) is 0 Å².